The molecule has 1 unspecified atom stereocenters. The fraction of sp³-hybridized carbons (Fsp3) is 0.211. The van der Waals surface area contributed by atoms with E-state index in [1.54, 1.807) is 38.3 Å². The summed E-state index contributed by atoms with van der Waals surface area (Å²) in [5.74, 6) is -0.0346. The van der Waals surface area contributed by atoms with E-state index in [-0.39, 0.29) is 12.3 Å². The van der Waals surface area contributed by atoms with Crippen LogP contribution in [0.5, 0.6) is 5.75 Å². The van der Waals surface area contributed by atoms with Gasteiger partial charge in [-0.25, -0.2) is 4.39 Å². The Hall–Kier alpha value is -2.86. The normalized spacial score (nSPS) is 12.2. The minimum absolute atomic E-state index is 0.0535. The molecule has 0 aliphatic rings. The van der Waals surface area contributed by atoms with Crippen molar-refractivity contribution >= 4 is 16.9 Å². The first kappa shape index (κ1) is 17.0. The van der Waals surface area contributed by atoms with E-state index in [0.29, 0.717) is 22.5 Å². The second-order valence-electron chi connectivity index (χ2n) is 5.70. The molecule has 1 amide bonds. The molecule has 0 fully saturated rings. The first-order valence-electron chi connectivity index (χ1n) is 7.78. The van der Waals surface area contributed by atoms with Crippen molar-refractivity contribution in [2.24, 2.45) is 0 Å². The molecular formula is C19H18FNO4. The van der Waals surface area contributed by atoms with Crippen LogP contribution in [-0.2, 0) is 0 Å². The van der Waals surface area contributed by atoms with Gasteiger partial charge in [-0.2, -0.15) is 0 Å². The highest BCUT2D eigenvalue weighted by Crippen LogP contribution is 2.28. The Morgan fingerprint density at radius 3 is 2.84 bits per heavy atom. The van der Waals surface area contributed by atoms with Gasteiger partial charge in [-0.05, 0) is 42.8 Å². The second-order valence-corrected chi connectivity index (χ2v) is 5.70. The van der Waals surface area contributed by atoms with Gasteiger partial charge in [0, 0.05) is 17.5 Å². The number of amides is 1. The van der Waals surface area contributed by atoms with Crippen molar-refractivity contribution in [1.29, 1.82) is 0 Å². The number of carbonyl (C=O) groups excluding carboxylic acids is 1. The molecule has 0 radical (unpaired) electrons. The van der Waals surface area contributed by atoms with Crippen LogP contribution in [0.3, 0.4) is 0 Å². The highest BCUT2D eigenvalue weighted by Gasteiger charge is 2.19. The smallest absolute Gasteiger partial charge is 0.287 e. The Morgan fingerprint density at radius 2 is 2.12 bits per heavy atom. The third-order valence-electron chi connectivity index (χ3n) is 4.04. The lowest BCUT2D eigenvalue weighted by Crippen LogP contribution is -2.28. The molecule has 130 valence electrons. The number of halogens is 1. The summed E-state index contributed by atoms with van der Waals surface area (Å²) >= 11 is 0. The number of ether oxygens (including phenoxy) is 1. The molecule has 0 saturated carbocycles. The van der Waals surface area contributed by atoms with Gasteiger partial charge in [0.25, 0.3) is 5.91 Å². The number of rotatable bonds is 5. The van der Waals surface area contributed by atoms with Gasteiger partial charge < -0.3 is 19.6 Å². The lowest BCUT2D eigenvalue weighted by Gasteiger charge is -2.11. The third kappa shape index (κ3) is 3.49. The van der Waals surface area contributed by atoms with Gasteiger partial charge in [0.1, 0.15) is 17.1 Å². The maximum Gasteiger partial charge on any atom is 0.287 e. The molecule has 6 heteroatoms. The van der Waals surface area contributed by atoms with Crippen LogP contribution in [-0.4, -0.2) is 24.7 Å². The summed E-state index contributed by atoms with van der Waals surface area (Å²) in [6.07, 6.45) is -1.01. The van der Waals surface area contributed by atoms with Crippen LogP contribution in [0.1, 0.15) is 27.8 Å². The second kappa shape index (κ2) is 6.94. The van der Waals surface area contributed by atoms with Gasteiger partial charge in [-0.15, -0.1) is 0 Å². The molecule has 25 heavy (non-hydrogen) atoms. The number of methoxy groups -OCH3 is 1. The van der Waals surface area contributed by atoms with Crippen LogP contribution in [0.15, 0.2) is 46.9 Å². The van der Waals surface area contributed by atoms with Crippen LogP contribution in [0.4, 0.5) is 4.39 Å². The van der Waals surface area contributed by atoms with E-state index >= 15 is 0 Å². The number of carbonyl (C=O) groups is 1. The van der Waals surface area contributed by atoms with Crippen molar-refractivity contribution in [3.8, 4) is 5.75 Å². The number of furan rings is 1. The minimum atomic E-state index is -1.01. The van der Waals surface area contributed by atoms with Crippen LogP contribution >= 0.6 is 0 Å². The largest absolute Gasteiger partial charge is 0.497 e. The third-order valence-corrected chi connectivity index (χ3v) is 4.04. The van der Waals surface area contributed by atoms with Crippen LogP contribution in [0, 0.1) is 12.7 Å². The van der Waals surface area contributed by atoms with E-state index in [1.807, 2.05) is 0 Å². The maximum absolute atomic E-state index is 13.2. The molecule has 0 aliphatic heterocycles. The van der Waals surface area contributed by atoms with Gasteiger partial charge in [0.15, 0.2) is 5.76 Å². The van der Waals surface area contributed by atoms with Crippen molar-refractivity contribution < 1.29 is 23.4 Å². The molecule has 0 aliphatic carbocycles. The summed E-state index contributed by atoms with van der Waals surface area (Å²) in [6, 6.07) is 10.9. The molecule has 2 aromatic carbocycles. The lowest BCUT2D eigenvalue weighted by atomic mass is 10.1. The summed E-state index contributed by atoms with van der Waals surface area (Å²) in [5.41, 5.74) is 1.66. The molecule has 0 spiro atoms. The maximum atomic E-state index is 13.2. The van der Waals surface area contributed by atoms with Gasteiger partial charge in [-0.1, -0.05) is 12.1 Å². The average Bonchev–Trinajstić information content (AvgIpc) is 2.95. The Kier molecular flexibility index (Phi) is 4.72. The zero-order chi connectivity index (χ0) is 18.0. The van der Waals surface area contributed by atoms with Crippen molar-refractivity contribution in [3.63, 3.8) is 0 Å². The summed E-state index contributed by atoms with van der Waals surface area (Å²) in [5, 5.41) is 13.5. The van der Waals surface area contributed by atoms with E-state index in [9.17, 15) is 14.3 Å². The van der Waals surface area contributed by atoms with E-state index < -0.39 is 17.8 Å². The summed E-state index contributed by atoms with van der Waals surface area (Å²) in [7, 11) is 1.57. The van der Waals surface area contributed by atoms with E-state index in [0.717, 1.165) is 5.39 Å². The fourth-order valence-corrected chi connectivity index (χ4v) is 2.64. The number of benzene rings is 2. The van der Waals surface area contributed by atoms with Crippen molar-refractivity contribution in [3.05, 3.63) is 65.2 Å². The van der Waals surface area contributed by atoms with Crippen LogP contribution in [0.25, 0.3) is 11.0 Å². The number of aliphatic hydroxyl groups is 1. The quantitative estimate of drug-likeness (QED) is 0.745. The van der Waals surface area contributed by atoms with Crippen molar-refractivity contribution in [2.75, 3.05) is 13.7 Å². The number of hydrogen-bond acceptors (Lipinski definition) is 4. The van der Waals surface area contributed by atoms with E-state index in [2.05, 4.69) is 5.32 Å². The molecule has 3 aromatic rings. The van der Waals surface area contributed by atoms with Gasteiger partial charge in [0.05, 0.1) is 13.2 Å². The van der Waals surface area contributed by atoms with Gasteiger partial charge >= 0.3 is 0 Å². The number of aryl methyl sites for hydroxylation is 1. The Bertz CT molecular complexity index is 919. The van der Waals surface area contributed by atoms with Crippen LogP contribution in [0.2, 0.25) is 0 Å². The minimum Gasteiger partial charge on any atom is -0.497 e. The Labute approximate surface area is 144 Å². The molecule has 1 heterocycles. The molecule has 3 rings (SSSR count). The topological polar surface area (TPSA) is 71.7 Å². The summed E-state index contributed by atoms with van der Waals surface area (Å²) in [6.45, 7) is 1.73. The number of nitrogens with one attached hydrogen (secondary N) is 1. The van der Waals surface area contributed by atoms with Crippen LogP contribution < -0.4 is 10.1 Å². The fourth-order valence-electron chi connectivity index (χ4n) is 2.64. The molecule has 5 nitrogen and oxygen atoms in total. The molecule has 0 bridgehead atoms. The zero-order valence-corrected chi connectivity index (χ0v) is 13.9. The van der Waals surface area contributed by atoms with Crippen molar-refractivity contribution in [2.45, 2.75) is 13.0 Å². The molecule has 1 atom stereocenters. The van der Waals surface area contributed by atoms with Crippen molar-refractivity contribution in [1.82, 2.24) is 5.32 Å². The summed E-state index contributed by atoms with van der Waals surface area (Å²) in [4.78, 5) is 12.4. The monoisotopic (exact) mass is 343 g/mol. The number of hydrogen-bond donors (Lipinski definition) is 2. The predicted octanol–water partition coefficient (Wildman–Crippen LogP) is 3.35. The van der Waals surface area contributed by atoms with E-state index in [4.69, 9.17) is 9.15 Å². The summed E-state index contributed by atoms with van der Waals surface area (Å²) < 4.78 is 24.0. The molecule has 2 N–H and O–H groups in total. The van der Waals surface area contributed by atoms with Gasteiger partial charge in [-0.3, -0.25) is 4.79 Å². The van der Waals surface area contributed by atoms with Gasteiger partial charge in [0.2, 0.25) is 0 Å². The number of fused-ring (bicyclic) bond motifs is 1. The Balaban J connectivity index is 1.75. The molecule has 1 aromatic heterocycles. The predicted molar refractivity (Wildman–Crippen MR) is 91.2 cm³/mol. The Morgan fingerprint density at radius 1 is 1.32 bits per heavy atom. The lowest BCUT2D eigenvalue weighted by molar-refractivity contribution is 0.0890. The average molecular weight is 343 g/mol. The van der Waals surface area contributed by atoms with E-state index in [1.165, 1.54) is 18.2 Å². The number of aliphatic hydroxyl groups excluding tert-OH is 1. The highest BCUT2D eigenvalue weighted by molar-refractivity contribution is 5.99. The highest BCUT2D eigenvalue weighted by atomic mass is 19.1. The SMILES string of the molecule is COc1ccc2oc(C(=O)NCC(O)c3cccc(F)c3)c(C)c2c1. The molecule has 0 saturated heterocycles. The first-order chi connectivity index (χ1) is 12.0. The molecular weight excluding hydrogens is 325 g/mol. The first-order valence-corrected chi connectivity index (χ1v) is 7.78. The standard InChI is InChI=1S/C19H18FNO4/c1-11-15-9-14(24-2)6-7-17(15)25-18(11)19(23)21-10-16(22)12-4-3-5-13(20)8-12/h3-9,16,22H,10H2,1-2H3,(H,21,23). The zero-order valence-electron chi connectivity index (χ0n) is 13.9.